The maximum atomic E-state index is 12.6. The summed E-state index contributed by atoms with van der Waals surface area (Å²) in [4.78, 5) is 22.7. The third kappa shape index (κ3) is 3.32. The molecule has 1 atom stereocenters. The number of methoxy groups -OCH3 is 1. The topological polar surface area (TPSA) is 64.5 Å². The molecule has 20 heavy (non-hydrogen) atoms. The number of amides is 1. The Bertz CT molecular complexity index is 458. The summed E-state index contributed by atoms with van der Waals surface area (Å²) in [6.45, 7) is 6.08. The maximum absolute atomic E-state index is 12.6. The van der Waals surface area contributed by atoms with Crippen molar-refractivity contribution in [3.05, 3.63) is 23.3 Å². The van der Waals surface area contributed by atoms with Gasteiger partial charge >= 0.3 is 0 Å². The van der Waals surface area contributed by atoms with E-state index in [0.29, 0.717) is 31.9 Å². The Morgan fingerprint density at radius 3 is 2.80 bits per heavy atom. The lowest BCUT2D eigenvalue weighted by molar-refractivity contribution is -0.0333. The van der Waals surface area contributed by atoms with Crippen molar-refractivity contribution in [1.82, 2.24) is 14.9 Å². The van der Waals surface area contributed by atoms with Gasteiger partial charge in [-0.05, 0) is 20.3 Å². The van der Waals surface area contributed by atoms with E-state index in [0.717, 1.165) is 17.8 Å². The van der Waals surface area contributed by atoms with Crippen LogP contribution in [-0.4, -0.2) is 60.3 Å². The van der Waals surface area contributed by atoms with Crippen LogP contribution >= 0.6 is 0 Å². The van der Waals surface area contributed by atoms with E-state index in [2.05, 4.69) is 9.97 Å². The Morgan fingerprint density at radius 1 is 1.45 bits per heavy atom. The predicted molar refractivity (Wildman–Crippen MR) is 73.6 cm³/mol. The van der Waals surface area contributed by atoms with Gasteiger partial charge in [0.2, 0.25) is 0 Å². The van der Waals surface area contributed by atoms with Gasteiger partial charge in [0.05, 0.1) is 29.7 Å². The number of ether oxygens (including phenoxy) is 2. The van der Waals surface area contributed by atoms with Crippen LogP contribution in [0.3, 0.4) is 0 Å². The number of aryl methyl sites for hydroxylation is 2. The van der Waals surface area contributed by atoms with E-state index in [1.165, 1.54) is 6.33 Å². The average molecular weight is 279 g/mol. The zero-order valence-electron chi connectivity index (χ0n) is 12.3. The highest BCUT2D eigenvalue weighted by Crippen LogP contribution is 2.16. The van der Waals surface area contributed by atoms with Crippen LogP contribution in [0.1, 0.15) is 28.2 Å². The molecule has 1 aromatic heterocycles. The van der Waals surface area contributed by atoms with Gasteiger partial charge in [-0.15, -0.1) is 0 Å². The van der Waals surface area contributed by atoms with Gasteiger partial charge in [-0.2, -0.15) is 0 Å². The lowest BCUT2D eigenvalue weighted by Gasteiger charge is -2.33. The van der Waals surface area contributed by atoms with Crippen LogP contribution in [0.25, 0.3) is 0 Å². The van der Waals surface area contributed by atoms with Gasteiger partial charge in [-0.1, -0.05) is 0 Å². The summed E-state index contributed by atoms with van der Waals surface area (Å²) in [7, 11) is 1.67. The number of nitrogens with zero attached hydrogens (tertiary/aromatic N) is 3. The molecule has 0 aliphatic carbocycles. The molecule has 1 fully saturated rings. The van der Waals surface area contributed by atoms with Crippen LogP contribution in [0.4, 0.5) is 0 Å². The lowest BCUT2D eigenvalue weighted by Crippen LogP contribution is -2.46. The summed E-state index contributed by atoms with van der Waals surface area (Å²) < 4.78 is 10.7. The van der Waals surface area contributed by atoms with Crippen LogP contribution in [0.2, 0.25) is 0 Å². The second-order valence-electron chi connectivity index (χ2n) is 4.94. The average Bonchev–Trinajstić information content (AvgIpc) is 2.45. The molecule has 2 heterocycles. The van der Waals surface area contributed by atoms with Crippen molar-refractivity contribution < 1.29 is 14.3 Å². The van der Waals surface area contributed by atoms with Crippen molar-refractivity contribution in [2.75, 3.05) is 33.4 Å². The van der Waals surface area contributed by atoms with Gasteiger partial charge in [-0.3, -0.25) is 4.79 Å². The number of rotatable bonds is 4. The Labute approximate surface area is 119 Å². The van der Waals surface area contributed by atoms with E-state index in [9.17, 15) is 4.79 Å². The molecule has 1 aromatic rings. The molecule has 0 spiro atoms. The largest absolute Gasteiger partial charge is 0.385 e. The summed E-state index contributed by atoms with van der Waals surface area (Å²) in [5.74, 6) is -0.00804. The highest BCUT2D eigenvalue weighted by molar-refractivity contribution is 5.96. The first kappa shape index (κ1) is 14.9. The molecule has 0 radical (unpaired) electrons. The first-order valence-corrected chi connectivity index (χ1v) is 6.81. The normalized spacial score (nSPS) is 19.1. The molecule has 0 unspecified atom stereocenters. The van der Waals surface area contributed by atoms with E-state index in [1.807, 2.05) is 18.7 Å². The molecule has 1 saturated heterocycles. The Hall–Kier alpha value is -1.53. The highest BCUT2D eigenvalue weighted by Gasteiger charge is 2.27. The van der Waals surface area contributed by atoms with E-state index < -0.39 is 0 Å². The number of carbonyl (C=O) groups excluding carboxylic acids is 1. The number of morpholine rings is 1. The Kier molecular flexibility index (Phi) is 5.03. The Morgan fingerprint density at radius 2 is 2.15 bits per heavy atom. The molecular formula is C14H21N3O3. The zero-order valence-corrected chi connectivity index (χ0v) is 12.3. The summed E-state index contributed by atoms with van der Waals surface area (Å²) in [6.07, 6.45) is 2.32. The Balaban J connectivity index is 2.08. The number of carbonyl (C=O) groups is 1. The smallest absolute Gasteiger partial charge is 0.257 e. The molecule has 6 nitrogen and oxygen atoms in total. The molecule has 110 valence electrons. The molecule has 1 aliphatic heterocycles. The van der Waals surface area contributed by atoms with Crippen molar-refractivity contribution >= 4 is 5.91 Å². The van der Waals surface area contributed by atoms with Crippen LogP contribution in [-0.2, 0) is 9.47 Å². The maximum Gasteiger partial charge on any atom is 0.257 e. The standard InChI is InChI=1S/C14H21N3O3/c1-10-13(11(2)16-9-15-10)14(18)17-5-7-20-12(8-17)4-6-19-3/h9,12H,4-8H2,1-3H3/t12-/m0/s1. The fraction of sp³-hybridized carbons (Fsp3) is 0.643. The van der Waals surface area contributed by atoms with E-state index in [4.69, 9.17) is 9.47 Å². The highest BCUT2D eigenvalue weighted by atomic mass is 16.5. The summed E-state index contributed by atoms with van der Waals surface area (Å²) >= 11 is 0. The molecule has 0 N–H and O–H groups in total. The number of hydrogen-bond acceptors (Lipinski definition) is 5. The van der Waals surface area contributed by atoms with Crippen molar-refractivity contribution in [2.45, 2.75) is 26.4 Å². The van der Waals surface area contributed by atoms with Gasteiger partial charge < -0.3 is 14.4 Å². The van der Waals surface area contributed by atoms with Crippen LogP contribution in [0.5, 0.6) is 0 Å². The van der Waals surface area contributed by atoms with Crippen molar-refractivity contribution in [3.8, 4) is 0 Å². The SMILES string of the molecule is COCC[C@H]1CN(C(=O)c2c(C)ncnc2C)CCO1. The minimum atomic E-state index is -0.00804. The van der Waals surface area contributed by atoms with Gasteiger partial charge in [0, 0.05) is 26.8 Å². The van der Waals surface area contributed by atoms with E-state index in [-0.39, 0.29) is 12.0 Å². The molecule has 0 aromatic carbocycles. The van der Waals surface area contributed by atoms with E-state index in [1.54, 1.807) is 7.11 Å². The predicted octanol–water partition coefficient (Wildman–Crippen LogP) is 0.971. The monoisotopic (exact) mass is 279 g/mol. The first-order valence-electron chi connectivity index (χ1n) is 6.81. The first-order chi connectivity index (χ1) is 9.63. The second-order valence-corrected chi connectivity index (χ2v) is 4.94. The molecular weight excluding hydrogens is 258 g/mol. The van der Waals surface area contributed by atoms with Gasteiger partial charge in [-0.25, -0.2) is 9.97 Å². The van der Waals surface area contributed by atoms with Crippen LogP contribution in [0, 0.1) is 13.8 Å². The zero-order chi connectivity index (χ0) is 14.5. The third-order valence-corrected chi connectivity index (χ3v) is 3.51. The molecule has 6 heteroatoms. The molecule has 2 rings (SSSR count). The minimum absolute atomic E-state index is 0.00804. The fourth-order valence-electron chi connectivity index (χ4n) is 2.39. The summed E-state index contributed by atoms with van der Waals surface area (Å²) in [5.41, 5.74) is 2.06. The van der Waals surface area contributed by atoms with Gasteiger partial charge in [0.15, 0.2) is 0 Å². The van der Waals surface area contributed by atoms with Crippen molar-refractivity contribution in [2.24, 2.45) is 0 Å². The van der Waals surface area contributed by atoms with Crippen LogP contribution in [0.15, 0.2) is 6.33 Å². The molecule has 0 saturated carbocycles. The van der Waals surface area contributed by atoms with Crippen molar-refractivity contribution in [3.63, 3.8) is 0 Å². The van der Waals surface area contributed by atoms with Gasteiger partial charge in [0.25, 0.3) is 5.91 Å². The fourth-order valence-corrected chi connectivity index (χ4v) is 2.39. The van der Waals surface area contributed by atoms with Crippen LogP contribution < -0.4 is 0 Å². The van der Waals surface area contributed by atoms with E-state index >= 15 is 0 Å². The van der Waals surface area contributed by atoms with Gasteiger partial charge in [0.1, 0.15) is 6.33 Å². The summed E-state index contributed by atoms with van der Waals surface area (Å²) in [6, 6.07) is 0. The number of aromatic nitrogens is 2. The second kappa shape index (κ2) is 6.76. The lowest BCUT2D eigenvalue weighted by atomic mass is 10.1. The quantitative estimate of drug-likeness (QED) is 0.821. The van der Waals surface area contributed by atoms with Crippen molar-refractivity contribution in [1.29, 1.82) is 0 Å². The third-order valence-electron chi connectivity index (χ3n) is 3.51. The molecule has 1 aliphatic rings. The number of hydrogen-bond donors (Lipinski definition) is 0. The summed E-state index contributed by atoms with van der Waals surface area (Å²) in [5, 5.41) is 0. The molecule has 1 amide bonds. The molecule has 0 bridgehead atoms. The minimum Gasteiger partial charge on any atom is -0.385 e.